The minimum atomic E-state index is -0.400. The third kappa shape index (κ3) is 11.3. The van der Waals surface area contributed by atoms with Gasteiger partial charge in [-0.3, -0.25) is 14.4 Å². The fourth-order valence-electron chi connectivity index (χ4n) is 1.33. The van der Waals surface area contributed by atoms with Gasteiger partial charge < -0.3 is 14.2 Å². The molecule has 128 valence electrons. The first-order valence-electron chi connectivity index (χ1n) is 6.80. The van der Waals surface area contributed by atoms with E-state index in [4.69, 9.17) is 14.0 Å². The molecule has 0 saturated carbocycles. The molecule has 0 spiro atoms. The molecule has 0 aromatic heterocycles. The molecule has 3 rings (SSSR count). The Hall–Kier alpha value is -1.95. The summed E-state index contributed by atoms with van der Waals surface area (Å²) in [5.41, 5.74) is 0. The number of hydrogen-bond acceptors (Lipinski definition) is 6. The van der Waals surface area contributed by atoms with Crippen LogP contribution in [0.3, 0.4) is 0 Å². The van der Waals surface area contributed by atoms with Gasteiger partial charge in [-0.15, -0.1) is 0 Å². The van der Waals surface area contributed by atoms with E-state index in [0.29, 0.717) is 18.6 Å². The van der Waals surface area contributed by atoms with Crippen molar-refractivity contribution in [2.24, 2.45) is 5.92 Å². The second kappa shape index (κ2) is 12.6. The number of rotatable bonds is 0. The molecule has 0 aromatic rings. The van der Waals surface area contributed by atoms with Crippen LogP contribution in [0.15, 0.2) is 0 Å². The summed E-state index contributed by atoms with van der Waals surface area (Å²) in [6.07, 6.45) is 2.15. The van der Waals surface area contributed by atoms with Crippen molar-refractivity contribution < 1.29 is 37.9 Å². The van der Waals surface area contributed by atoms with Crippen LogP contribution in [0.5, 0.6) is 0 Å². The van der Waals surface area contributed by atoms with Gasteiger partial charge in [-0.25, -0.2) is 0 Å². The van der Waals surface area contributed by atoms with E-state index in [1.165, 1.54) is 0 Å². The maximum absolute atomic E-state index is 10.3. The topological polar surface area (TPSA) is 122 Å². The second-order valence-electron chi connectivity index (χ2n) is 4.95. The first kappa shape index (κ1) is 23.3. The molecule has 0 aromatic carbocycles. The summed E-state index contributed by atoms with van der Waals surface area (Å²) in [5, 5.41) is 0. The van der Waals surface area contributed by atoms with E-state index in [1.807, 2.05) is 6.92 Å². The van der Waals surface area contributed by atoms with Crippen molar-refractivity contribution in [1.82, 2.24) is 0 Å². The van der Waals surface area contributed by atoms with Crippen LogP contribution in [-0.4, -0.2) is 36.2 Å². The van der Waals surface area contributed by atoms with Crippen LogP contribution >= 0.6 is 0 Å². The zero-order chi connectivity index (χ0) is 18.6. The molecule has 3 heterocycles. The normalized spacial score (nSPS) is 29.0. The van der Waals surface area contributed by atoms with Crippen molar-refractivity contribution >= 4 is 17.9 Å². The summed E-state index contributed by atoms with van der Waals surface area (Å²) in [6.45, 7) is 16.7. The van der Waals surface area contributed by atoms with E-state index < -0.39 is 11.9 Å². The molecular formula is C15H20O8. The summed E-state index contributed by atoms with van der Waals surface area (Å²) in [5.74, 6) is -1.08. The van der Waals surface area contributed by atoms with Gasteiger partial charge in [0.2, 0.25) is 0 Å². The Bertz CT molecular complexity index is 419. The molecule has 3 fully saturated rings. The second-order valence-corrected chi connectivity index (χ2v) is 4.95. The number of cyclic esters (lactones) is 3. The van der Waals surface area contributed by atoms with E-state index in [-0.39, 0.29) is 24.4 Å². The summed E-state index contributed by atoms with van der Waals surface area (Å²) >= 11 is 0. The average molecular weight is 328 g/mol. The Morgan fingerprint density at radius 2 is 1.26 bits per heavy atom. The number of ether oxygens (including phenoxy) is 3. The van der Waals surface area contributed by atoms with Crippen LogP contribution in [0.25, 0.3) is 0 Å². The fraction of sp³-hybridized carbons (Fsp3) is 0.667. The van der Waals surface area contributed by atoms with Crippen LogP contribution in [0.1, 0.15) is 40.5 Å². The average Bonchev–Trinajstić information content (AvgIpc) is 3.05. The molecule has 8 heteroatoms. The van der Waals surface area contributed by atoms with Crippen molar-refractivity contribution in [1.29, 1.82) is 0 Å². The zero-order valence-corrected chi connectivity index (χ0v) is 13.5. The van der Waals surface area contributed by atoms with Crippen molar-refractivity contribution in [2.75, 3.05) is 0 Å². The van der Waals surface area contributed by atoms with Gasteiger partial charge in [-0.1, -0.05) is 6.92 Å². The molecule has 3 saturated heterocycles. The molecular weight excluding hydrogens is 308 g/mol. The summed E-state index contributed by atoms with van der Waals surface area (Å²) in [4.78, 5) is 30.4. The molecule has 4 atom stereocenters. The molecule has 0 amide bonds. The van der Waals surface area contributed by atoms with E-state index in [2.05, 4.69) is 36.6 Å². The van der Waals surface area contributed by atoms with Gasteiger partial charge in [0.1, 0.15) is 6.10 Å². The third-order valence-electron chi connectivity index (χ3n) is 2.89. The first-order chi connectivity index (χ1) is 10.8. The van der Waals surface area contributed by atoms with Crippen molar-refractivity contribution in [2.45, 2.75) is 58.8 Å². The molecule has 0 radical (unpaired) electrons. The van der Waals surface area contributed by atoms with Crippen LogP contribution in [0.4, 0.5) is 0 Å². The van der Waals surface area contributed by atoms with Gasteiger partial charge in [-0.2, -0.15) is 0 Å². The standard InChI is InChI=1S/C5H6O3.C4H6O2.C4H8O.2CO/c1-3-2-4(6)8-5(3)7;1-3-2-4(5)6-3;1-3-4(2)5-3;2*1-2/h3H,2H2,1H3;3H,2H2,1H3;3-4H,1-2H3;;. The number of carbonyl (C=O) groups is 3. The van der Waals surface area contributed by atoms with Crippen LogP contribution in [0.2, 0.25) is 0 Å². The van der Waals surface area contributed by atoms with E-state index >= 15 is 0 Å². The molecule has 8 nitrogen and oxygen atoms in total. The van der Waals surface area contributed by atoms with Crippen molar-refractivity contribution in [3.8, 4) is 0 Å². The Labute approximate surface area is 134 Å². The third-order valence-corrected chi connectivity index (χ3v) is 2.89. The minimum absolute atomic E-state index is 0.0671. The van der Waals surface area contributed by atoms with E-state index in [9.17, 15) is 14.4 Å². The van der Waals surface area contributed by atoms with Crippen molar-refractivity contribution in [3.05, 3.63) is 13.3 Å². The molecule has 0 N–H and O–H groups in total. The Morgan fingerprint density at radius 1 is 0.870 bits per heavy atom. The zero-order valence-electron chi connectivity index (χ0n) is 13.5. The van der Waals surface area contributed by atoms with E-state index in [1.54, 1.807) is 6.92 Å². The molecule has 0 bridgehead atoms. The maximum atomic E-state index is 10.3. The predicted molar refractivity (Wildman–Crippen MR) is 72.9 cm³/mol. The monoisotopic (exact) mass is 328 g/mol. The Balaban J connectivity index is 0. The van der Waals surface area contributed by atoms with E-state index in [0.717, 1.165) is 0 Å². The molecule has 23 heavy (non-hydrogen) atoms. The van der Waals surface area contributed by atoms with Gasteiger partial charge in [0, 0.05) is 0 Å². The number of hydrogen-bond donors (Lipinski definition) is 0. The number of carbonyl (C=O) groups excluding carboxylic acids is 3. The van der Waals surface area contributed by atoms with Crippen LogP contribution in [0, 0.1) is 19.2 Å². The van der Waals surface area contributed by atoms with Gasteiger partial charge in [0.15, 0.2) is 0 Å². The SMILES string of the molecule is CC1CC(=O)O1.CC1CC(=O)OC1=O.CC1OC1C.[C-]#[O+].[C-]#[O+]. The van der Waals surface area contributed by atoms with Gasteiger partial charge >= 0.3 is 40.5 Å². The molecule has 3 aliphatic heterocycles. The summed E-state index contributed by atoms with van der Waals surface area (Å²) < 4.78 is 28.6. The summed E-state index contributed by atoms with van der Waals surface area (Å²) in [6, 6.07) is 0. The quantitative estimate of drug-likeness (QED) is 0.216. The van der Waals surface area contributed by atoms with Gasteiger partial charge in [0.05, 0.1) is 31.0 Å². The Morgan fingerprint density at radius 3 is 1.30 bits per heavy atom. The van der Waals surface area contributed by atoms with Crippen molar-refractivity contribution in [3.63, 3.8) is 0 Å². The number of epoxide rings is 1. The van der Waals surface area contributed by atoms with Gasteiger partial charge in [-0.05, 0) is 20.8 Å². The molecule has 3 aliphatic rings. The van der Waals surface area contributed by atoms with Gasteiger partial charge in [0.25, 0.3) is 0 Å². The number of esters is 3. The Kier molecular flexibility index (Phi) is 12.8. The molecule has 4 unspecified atom stereocenters. The summed E-state index contributed by atoms with van der Waals surface area (Å²) in [7, 11) is 0. The first-order valence-corrected chi connectivity index (χ1v) is 6.80. The van der Waals surface area contributed by atoms with Crippen LogP contribution in [-0.2, 0) is 37.9 Å². The molecule has 0 aliphatic carbocycles. The fourth-order valence-corrected chi connectivity index (χ4v) is 1.33. The predicted octanol–water partition coefficient (Wildman–Crippen LogP) is 1.14. The van der Waals surface area contributed by atoms with Crippen LogP contribution < -0.4 is 0 Å².